The van der Waals surface area contributed by atoms with Crippen molar-refractivity contribution in [1.29, 1.82) is 0 Å². The van der Waals surface area contributed by atoms with E-state index in [0.717, 1.165) is 10.9 Å². The molecule has 0 amide bonds. The van der Waals surface area contributed by atoms with Gasteiger partial charge in [-0.05, 0) is 43.7 Å². The first-order valence-electron chi connectivity index (χ1n) is 6.04. The minimum absolute atomic E-state index is 0.0617. The van der Waals surface area contributed by atoms with Crippen LogP contribution in [0.4, 0.5) is 10.1 Å². The van der Waals surface area contributed by atoms with Crippen LogP contribution in [0.3, 0.4) is 0 Å². The summed E-state index contributed by atoms with van der Waals surface area (Å²) < 4.78 is 41.2. The van der Waals surface area contributed by atoms with Crippen molar-refractivity contribution >= 4 is 38.6 Å². The van der Waals surface area contributed by atoms with Gasteiger partial charge in [-0.1, -0.05) is 11.6 Å². The maximum atomic E-state index is 13.5. The van der Waals surface area contributed by atoms with Gasteiger partial charge in [-0.25, -0.2) is 17.5 Å². The predicted molar refractivity (Wildman–Crippen MR) is 83.6 cm³/mol. The first-order valence-corrected chi connectivity index (χ1v) is 8.71. The van der Waals surface area contributed by atoms with Crippen LogP contribution in [0.5, 0.6) is 0 Å². The molecule has 1 unspecified atom stereocenters. The van der Waals surface area contributed by atoms with Crippen LogP contribution in [-0.4, -0.2) is 8.42 Å². The van der Waals surface area contributed by atoms with Crippen molar-refractivity contribution in [3.8, 4) is 0 Å². The van der Waals surface area contributed by atoms with Crippen molar-refractivity contribution in [2.45, 2.75) is 24.8 Å². The minimum Gasteiger partial charge on any atom is -0.396 e. The number of sulfonamides is 1. The van der Waals surface area contributed by atoms with Crippen molar-refractivity contribution < 1.29 is 12.8 Å². The molecule has 0 radical (unpaired) electrons. The van der Waals surface area contributed by atoms with Gasteiger partial charge >= 0.3 is 0 Å². The molecule has 1 heterocycles. The Bertz CT molecular complexity index is 751. The quantitative estimate of drug-likeness (QED) is 0.831. The number of halogens is 2. The first kappa shape index (κ1) is 16.2. The Morgan fingerprint density at radius 1 is 1.38 bits per heavy atom. The lowest BCUT2D eigenvalue weighted by Crippen LogP contribution is -2.26. The highest BCUT2D eigenvalue weighted by atomic mass is 35.5. The van der Waals surface area contributed by atoms with Gasteiger partial charge in [0.15, 0.2) is 0 Å². The average Bonchev–Trinajstić information content (AvgIpc) is 2.81. The van der Waals surface area contributed by atoms with Crippen LogP contribution in [0.25, 0.3) is 0 Å². The molecular formula is C13H14ClFN2O2S2. The summed E-state index contributed by atoms with van der Waals surface area (Å²) in [4.78, 5) is 0.726. The van der Waals surface area contributed by atoms with Crippen LogP contribution in [0.15, 0.2) is 29.2 Å². The molecule has 2 rings (SSSR count). The van der Waals surface area contributed by atoms with Crippen LogP contribution in [0.2, 0.25) is 4.34 Å². The summed E-state index contributed by atoms with van der Waals surface area (Å²) in [6, 6.07) is 5.37. The lowest BCUT2D eigenvalue weighted by atomic mass is 10.2. The fraction of sp³-hybridized carbons (Fsp3) is 0.231. The normalized spacial score (nSPS) is 13.3. The summed E-state index contributed by atoms with van der Waals surface area (Å²) >= 11 is 7.13. The molecule has 3 N–H and O–H groups in total. The molecule has 1 atom stereocenters. The molecule has 0 saturated carbocycles. The Labute approximate surface area is 131 Å². The maximum Gasteiger partial charge on any atom is 0.241 e. The lowest BCUT2D eigenvalue weighted by molar-refractivity contribution is 0.567. The fourth-order valence-electron chi connectivity index (χ4n) is 1.84. The summed E-state index contributed by atoms with van der Waals surface area (Å²) in [6.45, 7) is 3.17. The summed E-state index contributed by atoms with van der Waals surface area (Å²) in [5.74, 6) is -0.605. The molecular weight excluding hydrogens is 335 g/mol. The Hall–Kier alpha value is -1.15. The van der Waals surface area contributed by atoms with E-state index in [1.807, 2.05) is 0 Å². The number of benzene rings is 1. The first-order chi connectivity index (χ1) is 9.70. The zero-order chi connectivity index (χ0) is 15.8. The topological polar surface area (TPSA) is 72.2 Å². The SMILES string of the molecule is Cc1cc(S(=O)(=O)NC(C)c2ccc(Cl)s2)cc(N)c1F. The van der Waals surface area contributed by atoms with Crippen LogP contribution in [0.1, 0.15) is 23.4 Å². The van der Waals surface area contributed by atoms with Gasteiger partial charge in [-0.15, -0.1) is 11.3 Å². The summed E-state index contributed by atoms with van der Waals surface area (Å²) in [5, 5.41) is 0. The Kier molecular flexibility index (Phi) is 4.57. The van der Waals surface area contributed by atoms with Gasteiger partial charge < -0.3 is 5.73 Å². The van der Waals surface area contributed by atoms with Crippen LogP contribution in [0, 0.1) is 12.7 Å². The Morgan fingerprint density at radius 2 is 2.05 bits per heavy atom. The number of hydrogen-bond acceptors (Lipinski definition) is 4. The molecule has 0 bridgehead atoms. The molecule has 0 aliphatic heterocycles. The van der Waals surface area contributed by atoms with Crippen molar-refractivity contribution in [2.24, 2.45) is 0 Å². The number of thiophene rings is 1. The highest BCUT2D eigenvalue weighted by Crippen LogP contribution is 2.28. The average molecular weight is 349 g/mol. The largest absolute Gasteiger partial charge is 0.396 e. The molecule has 114 valence electrons. The number of nitrogens with two attached hydrogens (primary N) is 1. The second kappa shape index (κ2) is 5.92. The van der Waals surface area contributed by atoms with Gasteiger partial charge in [0.2, 0.25) is 10.0 Å². The highest BCUT2D eigenvalue weighted by Gasteiger charge is 2.21. The Balaban J connectivity index is 2.30. The summed E-state index contributed by atoms with van der Waals surface area (Å²) in [6.07, 6.45) is 0. The third-order valence-electron chi connectivity index (χ3n) is 2.92. The van der Waals surface area contributed by atoms with Crippen molar-refractivity contribution in [3.63, 3.8) is 0 Å². The molecule has 0 aliphatic rings. The smallest absolute Gasteiger partial charge is 0.241 e. The number of nitrogen functional groups attached to an aromatic ring is 1. The standard InChI is InChI=1S/C13H14ClFN2O2S2/c1-7-5-9(6-10(16)13(7)15)21(18,19)17-8(2)11-3-4-12(14)20-11/h3-6,8,17H,16H2,1-2H3. The number of aryl methyl sites for hydroxylation is 1. The molecule has 2 aromatic rings. The third kappa shape index (κ3) is 3.55. The zero-order valence-electron chi connectivity index (χ0n) is 11.4. The van der Waals surface area contributed by atoms with Gasteiger partial charge in [-0.3, -0.25) is 0 Å². The van der Waals surface area contributed by atoms with E-state index >= 15 is 0 Å². The van der Waals surface area contributed by atoms with Gasteiger partial charge in [-0.2, -0.15) is 0 Å². The van der Waals surface area contributed by atoms with Crippen LogP contribution < -0.4 is 10.5 Å². The van der Waals surface area contributed by atoms with Gasteiger partial charge in [0.25, 0.3) is 0 Å². The predicted octanol–water partition coefficient (Wildman–Crippen LogP) is 3.47. The van der Waals surface area contributed by atoms with E-state index in [1.54, 1.807) is 19.1 Å². The van der Waals surface area contributed by atoms with E-state index in [9.17, 15) is 12.8 Å². The van der Waals surface area contributed by atoms with E-state index in [1.165, 1.54) is 24.3 Å². The van der Waals surface area contributed by atoms with Gasteiger partial charge in [0.05, 0.1) is 21.0 Å². The number of rotatable bonds is 4. The molecule has 1 aromatic heterocycles. The second-order valence-electron chi connectivity index (χ2n) is 4.63. The lowest BCUT2D eigenvalue weighted by Gasteiger charge is -2.14. The highest BCUT2D eigenvalue weighted by molar-refractivity contribution is 7.89. The van der Waals surface area contributed by atoms with Crippen molar-refractivity contribution in [2.75, 3.05) is 5.73 Å². The van der Waals surface area contributed by atoms with Crippen molar-refractivity contribution in [1.82, 2.24) is 4.72 Å². The third-order valence-corrected chi connectivity index (χ3v) is 5.85. The van der Waals surface area contributed by atoms with Gasteiger partial charge in [0.1, 0.15) is 5.82 Å². The fourth-order valence-corrected chi connectivity index (χ4v) is 4.32. The van der Waals surface area contributed by atoms with E-state index < -0.39 is 21.9 Å². The molecule has 21 heavy (non-hydrogen) atoms. The molecule has 4 nitrogen and oxygen atoms in total. The number of anilines is 1. The molecule has 0 aliphatic carbocycles. The minimum atomic E-state index is -3.79. The van der Waals surface area contributed by atoms with Crippen LogP contribution >= 0.6 is 22.9 Å². The number of hydrogen-bond donors (Lipinski definition) is 2. The zero-order valence-corrected chi connectivity index (χ0v) is 13.7. The maximum absolute atomic E-state index is 13.5. The summed E-state index contributed by atoms with van der Waals surface area (Å²) in [5.41, 5.74) is 5.47. The van der Waals surface area contributed by atoms with Crippen LogP contribution in [-0.2, 0) is 10.0 Å². The van der Waals surface area contributed by atoms with Crippen molar-refractivity contribution in [3.05, 3.63) is 44.9 Å². The summed E-state index contributed by atoms with van der Waals surface area (Å²) in [7, 11) is -3.79. The molecule has 0 fully saturated rings. The van der Waals surface area contributed by atoms with Gasteiger partial charge in [0, 0.05) is 4.88 Å². The molecule has 0 spiro atoms. The molecule has 0 saturated heterocycles. The second-order valence-corrected chi connectivity index (χ2v) is 8.09. The monoisotopic (exact) mass is 348 g/mol. The van der Waals surface area contributed by atoms with E-state index in [4.69, 9.17) is 17.3 Å². The Morgan fingerprint density at radius 3 is 2.57 bits per heavy atom. The van der Waals surface area contributed by atoms with E-state index in [2.05, 4.69) is 4.72 Å². The van der Waals surface area contributed by atoms with E-state index in [0.29, 0.717) is 4.34 Å². The van der Waals surface area contributed by atoms with E-state index in [-0.39, 0.29) is 16.1 Å². The number of nitrogens with one attached hydrogen (secondary N) is 1. The molecule has 1 aromatic carbocycles. The molecule has 8 heteroatoms.